The first kappa shape index (κ1) is 23.1. The van der Waals surface area contributed by atoms with Gasteiger partial charge >= 0.3 is 0 Å². The van der Waals surface area contributed by atoms with Crippen LogP contribution >= 0.6 is 11.3 Å². The second-order valence-corrected chi connectivity index (χ2v) is 9.77. The van der Waals surface area contributed by atoms with Crippen LogP contribution in [0.2, 0.25) is 0 Å². The molecule has 5 rings (SSSR count). The summed E-state index contributed by atoms with van der Waals surface area (Å²) in [6.07, 6.45) is 4.23. The third-order valence-electron chi connectivity index (χ3n) is 6.34. The van der Waals surface area contributed by atoms with E-state index in [9.17, 15) is 14.4 Å². The summed E-state index contributed by atoms with van der Waals surface area (Å²) in [5.74, 6) is -0.805. The maximum atomic E-state index is 13.2. The summed E-state index contributed by atoms with van der Waals surface area (Å²) in [4.78, 5) is 40.0. The second kappa shape index (κ2) is 9.88. The predicted octanol–water partition coefficient (Wildman–Crippen LogP) is 5.13. The number of thiophene rings is 1. The molecule has 7 heteroatoms. The molecule has 35 heavy (non-hydrogen) atoms. The highest BCUT2D eigenvalue weighted by Gasteiger charge is 2.28. The van der Waals surface area contributed by atoms with Gasteiger partial charge in [-0.1, -0.05) is 43.3 Å². The molecule has 2 N–H and O–H groups in total. The molecule has 4 aromatic rings. The van der Waals surface area contributed by atoms with Gasteiger partial charge in [0, 0.05) is 17.5 Å². The van der Waals surface area contributed by atoms with E-state index in [1.165, 1.54) is 17.4 Å². The Kier molecular flexibility index (Phi) is 6.51. The van der Waals surface area contributed by atoms with Crippen LogP contribution in [0.3, 0.4) is 0 Å². The summed E-state index contributed by atoms with van der Waals surface area (Å²) >= 11 is 1.43. The van der Waals surface area contributed by atoms with E-state index in [2.05, 4.69) is 10.6 Å². The van der Waals surface area contributed by atoms with E-state index in [0.29, 0.717) is 28.1 Å². The van der Waals surface area contributed by atoms with Crippen molar-refractivity contribution in [3.8, 4) is 0 Å². The van der Waals surface area contributed by atoms with Gasteiger partial charge in [-0.3, -0.25) is 14.4 Å². The lowest BCUT2D eigenvalue weighted by Gasteiger charge is -2.10. The van der Waals surface area contributed by atoms with Crippen LogP contribution in [0.25, 0.3) is 11.0 Å². The lowest BCUT2D eigenvalue weighted by molar-refractivity contribution is 0.0954. The molecule has 0 spiro atoms. The maximum absolute atomic E-state index is 13.2. The molecular weight excluding hydrogens is 460 g/mol. The van der Waals surface area contributed by atoms with Crippen molar-refractivity contribution < 1.29 is 14.0 Å². The van der Waals surface area contributed by atoms with Gasteiger partial charge in [0.1, 0.15) is 10.6 Å². The van der Waals surface area contributed by atoms with Crippen molar-refractivity contribution in [2.75, 3.05) is 11.9 Å². The first-order valence-corrected chi connectivity index (χ1v) is 12.7. The minimum atomic E-state index is -0.540. The number of nitrogens with one attached hydrogen (secondary N) is 2. The van der Waals surface area contributed by atoms with E-state index in [0.717, 1.165) is 53.7 Å². The third-order valence-corrected chi connectivity index (χ3v) is 7.55. The van der Waals surface area contributed by atoms with Gasteiger partial charge in [0.25, 0.3) is 11.8 Å². The SMILES string of the molecule is CCc1ccc2oc(C(=O)Nc3sc4c(c3C(=O)NCCc3ccccc3)CCC4)cc(=O)c2c1. The van der Waals surface area contributed by atoms with Crippen molar-refractivity contribution in [2.45, 2.75) is 39.0 Å². The summed E-state index contributed by atoms with van der Waals surface area (Å²) in [5.41, 5.74) is 3.81. The quantitative estimate of drug-likeness (QED) is 0.379. The van der Waals surface area contributed by atoms with E-state index in [1.54, 1.807) is 12.1 Å². The lowest BCUT2D eigenvalue weighted by Crippen LogP contribution is -2.27. The molecule has 6 nitrogen and oxygen atoms in total. The topological polar surface area (TPSA) is 88.4 Å². The predicted molar refractivity (Wildman–Crippen MR) is 139 cm³/mol. The molecule has 1 aliphatic carbocycles. The largest absolute Gasteiger partial charge is 0.451 e. The van der Waals surface area contributed by atoms with Crippen molar-refractivity contribution in [3.05, 3.63) is 97.7 Å². The number of carbonyl (C=O) groups is 2. The van der Waals surface area contributed by atoms with Gasteiger partial charge in [-0.25, -0.2) is 0 Å². The fourth-order valence-corrected chi connectivity index (χ4v) is 5.77. The van der Waals surface area contributed by atoms with Crippen LogP contribution in [0.15, 0.2) is 63.8 Å². The molecule has 1 aliphatic rings. The summed E-state index contributed by atoms with van der Waals surface area (Å²) in [5, 5.41) is 6.80. The van der Waals surface area contributed by atoms with Gasteiger partial charge in [-0.15, -0.1) is 11.3 Å². The van der Waals surface area contributed by atoms with Crippen molar-refractivity contribution >= 4 is 39.1 Å². The summed E-state index contributed by atoms with van der Waals surface area (Å²) in [6, 6.07) is 16.6. The average Bonchev–Trinajstić information content (AvgIpc) is 3.45. The monoisotopic (exact) mass is 486 g/mol. The Labute approximate surface area is 207 Å². The minimum Gasteiger partial charge on any atom is -0.451 e. The van der Waals surface area contributed by atoms with E-state index < -0.39 is 5.91 Å². The smallest absolute Gasteiger partial charge is 0.292 e. The number of aryl methyl sites for hydroxylation is 2. The number of anilines is 1. The van der Waals surface area contributed by atoms with Crippen molar-refractivity contribution in [1.29, 1.82) is 0 Å². The van der Waals surface area contributed by atoms with Crippen molar-refractivity contribution in [3.63, 3.8) is 0 Å². The lowest BCUT2D eigenvalue weighted by atomic mass is 10.1. The first-order chi connectivity index (χ1) is 17.0. The van der Waals surface area contributed by atoms with Crippen LogP contribution in [0, 0.1) is 0 Å². The fourth-order valence-electron chi connectivity index (χ4n) is 4.49. The molecule has 0 saturated carbocycles. The number of rotatable bonds is 7. The molecule has 0 radical (unpaired) electrons. The van der Waals surface area contributed by atoms with E-state index in [4.69, 9.17) is 4.42 Å². The van der Waals surface area contributed by atoms with Gasteiger partial charge in [-0.2, -0.15) is 0 Å². The van der Waals surface area contributed by atoms with Crippen LogP contribution < -0.4 is 16.1 Å². The summed E-state index contributed by atoms with van der Waals surface area (Å²) in [6.45, 7) is 2.51. The summed E-state index contributed by atoms with van der Waals surface area (Å²) in [7, 11) is 0. The van der Waals surface area contributed by atoms with Crippen LogP contribution in [-0.4, -0.2) is 18.4 Å². The molecular formula is C28H26N2O4S. The zero-order chi connectivity index (χ0) is 24.4. The van der Waals surface area contributed by atoms with E-state index >= 15 is 0 Å². The van der Waals surface area contributed by atoms with Crippen LogP contribution in [0.1, 0.15) is 55.8 Å². The number of benzene rings is 2. The maximum Gasteiger partial charge on any atom is 0.292 e. The number of hydrogen-bond donors (Lipinski definition) is 2. The van der Waals surface area contributed by atoms with Gasteiger partial charge in [-0.05, 0) is 60.9 Å². The van der Waals surface area contributed by atoms with Crippen molar-refractivity contribution in [2.24, 2.45) is 0 Å². The Balaban J connectivity index is 1.37. The number of carbonyl (C=O) groups excluding carboxylic acids is 2. The highest BCUT2D eigenvalue weighted by Crippen LogP contribution is 2.39. The Morgan fingerprint density at radius 3 is 2.63 bits per heavy atom. The number of amides is 2. The Morgan fingerprint density at radius 1 is 1.00 bits per heavy atom. The molecule has 2 aromatic heterocycles. The normalized spacial score (nSPS) is 12.5. The molecule has 0 fully saturated rings. The van der Waals surface area contributed by atoms with E-state index in [1.807, 2.05) is 43.3 Å². The van der Waals surface area contributed by atoms with Gasteiger partial charge in [0.2, 0.25) is 0 Å². The van der Waals surface area contributed by atoms with Gasteiger partial charge in [0.15, 0.2) is 11.2 Å². The molecule has 178 valence electrons. The molecule has 2 amide bonds. The Morgan fingerprint density at radius 2 is 1.83 bits per heavy atom. The molecule has 2 aromatic carbocycles. The van der Waals surface area contributed by atoms with Crippen LogP contribution in [0.4, 0.5) is 5.00 Å². The summed E-state index contributed by atoms with van der Waals surface area (Å²) < 4.78 is 5.76. The zero-order valence-corrected chi connectivity index (χ0v) is 20.3. The fraction of sp³-hybridized carbons (Fsp3) is 0.250. The van der Waals surface area contributed by atoms with E-state index in [-0.39, 0.29) is 17.1 Å². The second-order valence-electron chi connectivity index (χ2n) is 8.67. The average molecular weight is 487 g/mol. The zero-order valence-electron chi connectivity index (χ0n) is 19.5. The third kappa shape index (κ3) is 4.77. The minimum absolute atomic E-state index is 0.0734. The highest BCUT2D eigenvalue weighted by atomic mass is 32.1. The highest BCUT2D eigenvalue weighted by molar-refractivity contribution is 7.17. The standard InChI is InChI=1S/C28H26N2O4S/c1-2-17-11-12-22-20(15-17)21(31)16-23(34-22)26(32)30-28-25(19-9-6-10-24(19)35-28)27(33)29-14-13-18-7-4-3-5-8-18/h3-5,7-8,11-12,15-16H,2,6,9-10,13-14H2,1H3,(H,29,33)(H,30,32). The molecule has 0 unspecified atom stereocenters. The van der Waals surface area contributed by atoms with Crippen molar-refractivity contribution in [1.82, 2.24) is 5.32 Å². The molecule has 0 bridgehead atoms. The molecule has 0 atom stereocenters. The molecule has 2 heterocycles. The number of hydrogen-bond acceptors (Lipinski definition) is 5. The first-order valence-electron chi connectivity index (χ1n) is 11.9. The Bertz CT molecular complexity index is 1470. The molecule has 0 aliphatic heterocycles. The van der Waals surface area contributed by atoms with Gasteiger partial charge in [0.05, 0.1) is 10.9 Å². The number of fused-ring (bicyclic) bond motifs is 2. The van der Waals surface area contributed by atoms with Crippen LogP contribution in [0.5, 0.6) is 0 Å². The molecule has 0 saturated heterocycles. The van der Waals surface area contributed by atoms with Crippen LogP contribution in [-0.2, 0) is 25.7 Å². The van der Waals surface area contributed by atoms with Gasteiger partial charge < -0.3 is 15.1 Å². The Hall–Kier alpha value is -3.71.